The van der Waals surface area contributed by atoms with Crippen molar-refractivity contribution in [2.45, 2.75) is 46.0 Å². The molecule has 2 heterocycles. The van der Waals surface area contributed by atoms with Gasteiger partial charge in [0.1, 0.15) is 5.82 Å². The summed E-state index contributed by atoms with van der Waals surface area (Å²) in [5.74, 6) is 1.12. The third-order valence-corrected chi connectivity index (χ3v) is 5.14. The number of imidazole rings is 1. The van der Waals surface area contributed by atoms with Crippen molar-refractivity contribution in [1.82, 2.24) is 19.8 Å². The summed E-state index contributed by atoms with van der Waals surface area (Å²) in [5, 5.41) is 0. The normalized spacial score (nSPS) is 16.1. The second-order valence-electron chi connectivity index (χ2n) is 7.08. The van der Waals surface area contributed by atoms with Crippen LogP contribution in [0.3, 0.4) is 0 Å². The van der Waals surface area contributed by atoms with E-state index in [-0.39, 0.29) is 5.91 Å². The first-order valence-corrected chi connectivity index (χ1v) is 9.61. The Kier molecular flexibility index (Phi) is 6.08. The summed E-state index contributed by atoms with van der Waals surface area (Å²) in [4.78, 5) is 24.9. The summed E-state index contributed by atoms with van der Waals surface area (Å²) >= 11 is 0. The molecule has 1 aliphatic rings. The van der Waals surface area contributed by atoms with Crippen LogP contribution in [0.25, 0.3) is 11.0 Å². The summed E-state index contributed by atoms with van der Waals surface area (Å²) < 4.78 is 0. The van der Waals surface area contributed by atoms with E-state index in [0.29, 0.717) is 6.42 Å². The van der Waals surface area contributed by atoms with Crippen molar-refractivity contribution in [3.05, 3.63) is 29.6 Å². The molecule has 136 valence electrons. The fraction of sp³-hybridized carbons (Fsp3) is 0.600. The molecule has 0 saturated carbocycles. The first-order valence-electron chi connectivity index (χ1n) is 9.61. The van der Waals surface area contributed by atoms with Crippen LogP contribution in [0, 0.1) is 6.92 Å². The van der Waals surface area contributed by atoms with Gasteiger partial charge in [-0.15, -0.1) is 0 Å². The van der Waals surface area contributed by atoms with E-state index < -0.39 is 0 Å². The summed E-state index contributed by atoms with van der Waals surface area (Å²) in [6, 6.07) is 6.06. The van der Waals surface area contributed by atoms with Crippen molar-refractivity contribution < 1.29 is 4.79 Å². The fourth-order valence-electron chi connectivity index (χ4n) is 3.66. The van der Waals surface area contributed by atoms with Crippen LogP contribution in [0.1, 0.15) is 44.0 Å². The molecule has 3 rings (SSSR count). The van der Waals surface area contributed by atoms with E-state index in [1.54, 1.807) is 0 Å². The number of H-pyrrole nitrogens is 1. The molecule has 0 radical (unpaired) electrons. The predicted octanol–water partition coefficient (Wildman–Crippen LogP) is 3.14. The number of hydrogen-bond donors (Lipinski definition) is 1. The van der Waals surface area contributed by atoms with E-state index in [0.717, 1.165) is 42.1 Å². The molecule has 1 amide bonds. The molecule has 2 aromatic rings. The number of carbonyl (C=O) groups is 1. The molecule has 25 heavy (non-hydrogen) atoms. The fourth-order valence-corrected chi connectivity index (χ4v) is 3.66. The van der Waals surface area contributed by atoms with Gasteiger partial charge in [-0.1, -0.05) is 18.9 Å². The zero-order valence-corrected chi connectivity index (χ0v) is 15.6. The van der Waals surface area contributed by atoms with Crippen LogP contribution >= 0.6 is 0 Å². The number of aromatic amines is 1. The standard InChI is InChI=1S/C20H30N4O/c1-3-24(13-12-23-10-6-4-5-7-11-23)20(25)15-17-8-9-18-19(14-17)22-16(2)21-18/h8-9,14H,3-7,10-13,15H2,1-2H3,(H,21,22). The maximum Gasteiger partial charge on any atom is 0.227 e. The van der Waals surface area contributed by atoms with Gasteiger partial charge in [0.05, 0.1) is 17.5 Å². The number of likely N-dealkylation sites (N-methyl/N-ethyl adjacent to an activating group) is 1. The third kappa shape index (κ3) is 4.82. The number of carbonyl (C=O) groups excluding carboxylic acids is 1. The third-order valence-electron chi connectivity index (χ3n) is 5.14. The van der Waals surface area contributed by atoms with Gasteiger partial charge in [0.2, 0.25) is 5.91 Å². The van der Waals surface area contributed by atoms with Crippen molar-refractivity contribution in [1.29, 1.82) is 0 Å². The highest BCUT2D eigenvalue weighted by Crippen LogP contribution is 2.15. The first-order chi connectivity index (χ1) is 12.2. The van der Waals surface area contributed by atoms with Crippen LogP contribution in [0.4, 0.5) is 0 Å². The van der Waals surface area contributed by atoms with Gasteiger partial charge in [-0.05, 0) is 57.5 Å². The van der Waals surface area contributed by atoms with Gasteiger partial charge in [0.15, 0.2) is 0 Å². The molecule has 0 aliphatic carbocycles. The summed E-state index contributed by atoms with van der Waals surface area (Å²) in [6.07, 6.45) is 5.75. The van der Waals surface area contributed by atoms with Gasteiger partial charge in [0.25, 0.3) is 0 Å². The molecule has 1 aromatic carbocycles. The Bertz CT molecular complexity index is 701. The molecule has 0 atom stereocenters. The van der Waals surface area contributed by atoms with Crippen LogP contribution in [0.2, 0.25) is 0 Å². The minimum absolute atomic E-state index is 0.216. The maximum atomic E-state index is 12.7. The quantitative estimate of drug-likeness (QED) is 0.877. The number of nitrogens with one attached hydrogen (secondary N) is 1. The van der Waals surface area contributed by atoms with Crippen LogP contribution in [0.5, 0.6) is 0 Å². The van der Waals surface area contributed by atoms with Crippen LogP contribution < -0.4 is 0 Å². The second-order valence-corrected chi connectivity index (χ2v) is 7.08. The average molecular weight is 342 g/mol. The lowest BCUT2D eigenvalue weighted by Crippen LogP contribution is -2.39. The lowest BCUT2D eigenvalue weighted by Gasteiger charge is -2.26. The Morgan fingerprint density at radius 3 is 2.72 bits per heavy atom. The maximum absolute atomic E-state index is 12.7. The topological polar surface area (TPSA) is 52.2 Å². The van der Waals surface area contributed by atoms with Crippen molar-refractivity contribution in [2.24, 2.45) is 0 Å². The zero-order chi connectivity index (χ0) is 17.6. The van der Waals surface area contributed by atoms with E-state index in [4.69, 9.17) is 0 Å². The number of amides is 1. The lowest BCUT2D eigenvalue weighted by molar-refractivity contribution is -0.130. The molecule has 0 bridgehead atoms. The number of aromatic nitrogens is 2. The Hall–Kier alpha value is -1.88. The van der Waals surface area contributed by atoms with E-state index in [9.17, 15) is 4.79 Å². The van der Waals surface area contributed by atoms with Gasteiger partial charge in [-0.3, -0.25) is 4.79 Å². The predicted molar refractivity (Wildman–Crippen MR) is 102 cm³/mol. The number of likely N-dealkylation sites (tertiary alicyclic amines) is 1. The minimum atomic E-state index is 0.216. The van der Waals surface area contributed by atoms with Gasteiger partial charge < -0.3 is 14.8 Å². The van der Waals surface area contributed by atoms with Crippen molar-refractivity contribution >= 4 is 16.9 Å². The number of aryl methyl sites for hydroxylation is 1. The van der Waals surface area contributed by atoms with Crippen LogP contribution in [-0.2, 0) is 11.2 Å². The van der Waals surface area contributed by atoms with Crippen LogP contribution in [-0.4, -0.2) is 58.4 Å². The van der Waals surface area contributed by atoms with Gasteiger partial charge >= 0.3 is 0 Å². The van der Waals surface area contributed by atoms with E-state index >= 15 is 0 Å². The van der Waals surface area contributed by atoms with Crippen molar-refractivity contribution in [3.63, 3.8) is 0 Å². The van der Waals surface area contributed by atoms with Crippen molar-refractivity contribution in [2.75, 3.05) is 32.7 Å². The number of rotatable bonds is 6. The summed E-state index contributed by atoms with van der Waals surface area (Å²) in [6.45, 7) is 8.99. The number of nitrogens with zero attached hydrogens (tertiary/aromatic N) is 3. The molecule has 1 aliphatic heterocycles. The SMILES string of the molecule is CCN(CCN1CCCCCC1)C(=O)Cc1ccc2nc(C)[nH]c2c1. The molecule has 1 fully saturated rings. The zero-order valence-electron chi connectivity index (χ0n) is 15.6. The number of benzene rings is 1. The average Bonchev–Trinajstić information content (AvgIpc) is 2.79. The summed E-state index contributed by atoms with van der Waals surface area (Å²) in [7, 11) is 0. The lowest BCUT2D eigenvalue weighted by atomic mass is 10.1. The Labute approximate surface area is 150 Å². The van der Waals surface area contributed by atoms with E-state index in [1.807, 2.05) is 24.0 Å². The number of fused-ring (bicyclic) bond motifs is 1. The molecular formula is C20H30N4O. The highest BCUT2D eigenvalue weighted by molar-refractivity contribution is 5.81. The van der Waals surface area contributed by atoms with E-state index in [2.05, 4.69) is 27.9 Å². The summed E-state index contributed by atoms with van der Waals surface area (Å²) in [5.41, 5.74) is 3.02. The van der Waals surface area contributed by atoms with Gasteiger partial charge in [-0.25, -0.2) is 4.98 Å². The smallest absolute Gasteiger partial charge is 0.227 e. The molecule has 1 saturated heterocycles. The van der Waals surface area contributed by atoms with E-state index in [1.165, 1.54) is 38.8 Å². The molecule has 1 aromatic heterocycles. The molecular weight excluding hydrogens is 312 g/mol. The Morgan fingerprint density at radius 1 is 1.24 bits per heavy atom. The molecule has 5 heteroatoms. The molecule has 0 unspecified atom stereocenters. The van der Waals surface area contributed by atoms with Crippen molar-refractivity contribution in [3.8, 4) is 0 Å². The minimum Gasteiger partial charge on any atom is -0.342 e. The Morgan fingerprint density at radius 2 is 2.00 bits per heavy atom. The highest BCUT2D eigenvalue weighted by Gasteiger charge is 2.15. The largest absolute Gasteiger partial charge is 0.342 e. The highest BCUT2D eigenvalue weighted by atomic mass is 16.2. The first kappa shape index (κ1) is 17.9. The molecule has 1 N–H and O–H groups in total. The number of hydrogen-bond acceptors (Lipinski definition) is 3. The second kappa shape index (κ2) is 8.48. The van der Waals surface area contributed by atoms with Crippen LogP contribution in [0.15, 0.2) is 18.2 Å². The van der Waals surface area contributed by atoms with Gasteiger partial charge in [-0.2, -0.15) is 0 Å². The molecule has 0 spiro atoms. The Balaban J connectivity index is 1.56. The van der Waals surface area contributed by atoms with Gasteiger partial charge in [0, 0.05) is 19.6 Å². The molecule has 5 nitrogen and oxygen atoms in total. The monoisotopic (exact) mass is 342 g/mol.